The first kappa shape index (κ1) is 17.4. The molecular weight excluding hydrogens is 340 g/mol. The maximum absolute atomic E-state index is 12.5. The molecule has 0 saturated carbocycles. The van der Waals surface area contributed by atoms with Gasteiger partial charge in [0.05, 0.1) is 5.69 Å². The summed E-state index contributed by atoms with van der Waals surface area (Å²) in [6.07, 6.45) is 4.07. The average molecular weight is 362 g/mol. The number of carbonyl (C=O) groups is 1. The van der Waals surface area contributed by atoms with Gasteiger partial charge in [-0.1, -0.05) is 24.3 Å². The number of aromatic nitrogens is 4. The van der Waals surface area contributed by atoms with Gasteiger partial charge in [-0.25, -0.2) is 4.68 Å². The molecule has 0 aliphatic carbocycles. The molecule has 1 amide bonds. The van der Waals surface area contributed by atoms with E-state index in [1.807, 2.05) is 18.2 Å². The quantitative estimate of drug-likeness (QED) is 0.727. The second-order valence-electron chi connectivity index (χ2n) is 6.74. The second-order valence-corrected chi connectivity index (χ2v) is 6.74. The van der Waals surface area contributed by atoms with Gasteiger partial charge in [0, 0.05) is 18.7 Å². The highest BCUT2D eigenvalue weighted by molar-refractivity contribution is 5.94. The van der Waals surface area contributed by atoms with Gasteiger partial charge in [0.25, 0.3) is 5.91 Å². The third kappa shape index (κ3) is 4.20. The van der Waals surface area contributed by atoms with Crippen LogP contribution in [0.25, 0.3) is 5.69 Å². The van der Waals surface area contributed by atoms with Crippen molar-refractivity contribution >= 4 is 5.91 Å². The summed E-state index contributed by atoms with van der Waals surface area (Å²) in [5, 5.41) is 14.1. The van der Waals surface area contributed by atoms with E-state index < -0.39 is 0 Å². The van der Waals surface area contributed by atoms with Gasteiger partial charge in [-0.05, 0) is 71.8 Å². The predicted molar refractivity (Wildman–Crippen MR) is 101 cm³/mol. The van der Waals surface area contributed by atoms with Crippen molar-refractivity contribution in [2.75, 3.05) is 13.1 Å². The van der Waals surface area contributed by atoms with Gasteiger partial charge in [0.15, 0.2) is 0 Å². The molecule has 7 heteroatoms. The Morgan fingerprint density at radius 3 is 2.44 bits per heavy atom. The van der Waals surface area contributed by atoms with Crippen molar-refractivity contribution in [3.8, 4) is 5.69 Å². The number of hydrogen-bond donors (Lipinski definition) is 1. The van der Waals surface area contributed by atoms with E-state index in [4.69, 9.17) is 0 Å². The van der Waals surface area contributed by atoms with E-state index in [1.54, 1.807) is 16.8 Å². The summed E-state index contributed by atoms with van der Waals surface area (Å²) in [5.74, 6) is -0.0887. The molecule has 1 saturated heterocycles. The van der Waals surface area contributed by atoms with Gasteiger partial charge >= 0.3 is 0 Å². The number of amides is 1. The van der Waals surface area contributed by atoms with Crippen molar-refractivity contribution in [1.29, 1.82) is 0 Å². The molecule has 7 nitrogen and oxygen atoms in total. The van der Waals surface area contributed by atoms with Crippen molar-refractivity contribution in [1.82, 2.24) is 30.4 Å². The van der Waals surface area contributed by atoms with Gasteiger partial charge in [0.2, 0.25) is 0 Å². The van der Waals surface area contributed by atoms with Crippen LogP contribution in [0.4, 0.5) is 0 Å². The normalized spacial score (nSPS) is 14.4. The molecule has 1 fully saturated rings. The molecule has 0 bridgehead atoms. The van der Waals surface area contributed by atoms with Gasteiger partial charge in [0.1, 0.15) is 6.33 Å². The molecule has 4 rings (SSSR count). The Labute approximate surface area is 158 Å². The molecule has 2 heterocycles. The van der Waals surface area contributed by atoms with E-state index in [-0.39, 0.29) is 5.91 Å². The number of rotatable bonds is 6. The number of likely N-dealkylation sites (tertiary alicyclic amines) is 1. The Kier molecular flexibility index (Phi) is 5.20. The van der Waals surface area contributed by atoms with Crippen LogP contribution in [-0.2, 0) is 13.1 Å². The van der Waals surface area contributed by atoms with Gasteiger partial charge in [-0.2, -0.15) is 0 Å². The highest BCUT2D eigenvalue weighted by atomic mass is 16.1. The monoisotopic (exact) mass is 362 g/mol. The highest BCUT2D eigenvalue weighted by Crippen LogP contribution is 2.16. The molecule has 138 valence electrons. The maximum Gasteiger partial charge on any atom is 0.251 e. The summed E-state index contributed by atoms with van der Waals surface area (Å²) in [7, 11) is 0. The summed E-state index contributed by atoms with van der Waals surface area (Å²) in [6.45, 7) is 3.80. The molecule has 1 N–H and O–H groups in total. The number of benzene rings is 2. The topological polar surface area (TPSA) is 75.9 Å². The molecule has 1 aromatic heterocycles. The SMILES string of the molecule is O=C(NCc1ccccc1CN1CCCC1)c1ccc(-n2cnnn2)cc1. The summed E-state index contributed by atoms with van der Waals surface area (Å²) in [4.78, 5) is 15.0. The molecule has 1 aliphatic rings. The zero-order valence-corrected chi connectivity index (χ0v) is 15.1. The van der Waals surface area contributed by atoms with Crippen LogP contribution in [0.15, 0.2) is 54.9 Å². The first-order valence-corrected chi connectivity index (χ1v) is 9.20. The Hall–Kier alpha value is -3.06. The van der Waals surface area contributed by atoms with E-state index in [2.05, 4.69) is 43.9 Å². The average Bonchev–Trinajstić information content (AvgIpc) is 3.41. The van der Waals surface area contributed by atoms with E-state index in [0.29, 0.717) is 12.1 Å². The van der Waals surface area contributed by atoms with Gasteiger partial charge in [-0.3, -0.25) is 9.69 Å². The van der Waals surface area contributed by atoms with Crippen molar-refractivity contribution in [3.05, 3.63) is 71.5 Å². The Balaban J connectivity index is 1.39. The van der Waals surface area contributed by atoms with Crippen molar-refractivity contribution in [2.45, 2.75) is 25.9 Å². The molecule has 0 radical (unpaired) electrons. The Morgan fingerprint density at radius 2 is 1.74 bits per heavy atom. The number of nitrogens with zero attached hydrogens (tertiary/aromatic N) is 5. The van der Waals surface area contributed by atoms with Crippen LogP contribution in [0.2, 0.25) is 0 Å². The zero-order valence-electron chi connectivity index (χ0n) is 15.1. The molecule has 2 aromatic carbocycles. The van der Waals surface area contributed by atoms with E-state index in [0.717, 1.165) is 25.3 Å². The molecule has 0 atom stereocenters. The summed E-state index contributed by atoms with van der Waals surface area (Å²) >= 11 is 0. The first-order chi connectivity index (χ1) is 13.3. The fraction of sp³-hybridized carbons (Fsp3) is 0.300. The smallest absolute Gasteiger partial charge is 0.251 e. The summed E-state index contributed by atoms with van der Waals surface area (Å²) in [6, 6.07) is 15.5. The van der Waals surface area contributed by atoms with Crippen LogP contribution in [0, 0.1) is 0 Å². The summed E-state index contributed by atoms with van der Waals surface area (Å²) in [5.41, 5.74) is 3.88. The third-order valence-electron chi connectivity index (χ3n) is 4.89. The summed E-state index contributed by atoms with van der Waals surface area (Å²) < 4.78 is 1.55. The Morgan fingerprint density at radius 1 is 1.00 bits per heavy atom. The van der Waals surface area contributed by atoms with Gasteiger partial charge in [-0.15, -0.1) is 5.10 Å². The Bertz CT molecular complexity index is 885. The second kappa shape index (κ2) is 8.09. The van der Waals surface area contributed by atoms with Crippen LogP contribution in [0.1, 0.15) is 34.3 Å². The van der Waals surface area contributed by atoms with Crippen LogP contribution >= 0.6 is 0 Å². The number of carbonyl (C=O) groups excluding carboxylic acids is 1. The standard InChI is InChI=1S/C20H22N6O/c27-20(16-7-9-19(10-8-16)26-15-22-23-24-26)21-13-17-5-1-2-6-18(17)14-25-11-3-4-12-25/h1-2,5-10,15H,3-4,11-14H2,(H,21,27). The van der Waals surface area contributed by atoms with E-state index >= 15 is 0 Å². The zero-order chi connectivity index (χ0) is 18.5. The van der Waals surface area contributed by atoms with Gasteiger partial charge < -0.3 is 5.32 Å². The van der Waals surface area contributed by atoms with Crippen molar-refractivity contribution in [2.24, 2.45) is 0 Å². The molecule has 0 spiro atoms. The number of tetrazole rings is 1. The minimum atomic E-state index is -0.0887. The lowest BCUT2D eigenvalue weighted by Crippen LogP contribution is -2.25. The molecule has 1 aliphatic heterocycles. The molecule has 27 heavy (non-hydrogen) atoms. The minimum absolute atomic E-state index is 0.0887. The van der Waals surface area contributed by atoms with Crippen molar-refractivity contribution < 1.29 is 4.79 Å². The lowest BCUT2D eigenvalue weighted by atomic mass is 10.1. The first-order valence-electron chi connectivity index (χ1n) is 9.20. The van der Waals surface area contributed by atoms with Crippen LogP contribution in [0.5, 0.6) is 0 Å². The number of nitrogens with one attached hydrogen (secondary N) is 1. The van der Waals surface area contributed by atoms with E-state index in [1.165, 1.54) is 30.3 Å². The lowest BCUT2D eigenvalue weighted by molar-refractivity contribution is 0.0951. The lowest BCUT2D eigenvalue weighted by Gasteiger charge is -2.17. The predicted octanol–water partition coefficient (Wildman–Crippen LogP) is 2.19. The molecular formula is C20H22N6O. The fourth-order valence-electron chi connectivity index (χ4n) is 3.39. The maximum atomic E-state index is 12.5. The van der Waals surface area contributed by atoms with E-state index in [9.17, 15) is 4.79 Å². The van der Waals surface area contributed by atoms with Crippen LogP contribution < -0.4 is 5.32 Å². The minimum Gasteiger partial charge on any atom is -0.348 e. The molecule has 0 unspecified atom stereocenters. The van der Waals surface area contributed by atoms with Crippen LogP contribution in [-0.4, -0.2) is 44.1 Å². The highest BCUT2D eigenvalue weighted by Gasteiger charge is 2.14. The fourth-order valence-corrected chi connectivity index (χ4v) is 3.39. The third-order valence-corrected chi connectivity index (χ3v) is 4.89. The molecule has 3 aromatic rings. The van der Waals surface area contributed by atoms with Crippen LogP contribution in [0.3, 0.4) is 0 Å². The number of hydrogen-bond acceptors (Lipinski definition) is 5. The largest absolute Gasteiger partial charge is 0.348 e. The van der Waals surface area contributed by atoms with Crippen molar-refractivity contribution in [3.63, 3.8) is 0 Å².